The number of rotatable bonds is 0. The van der Waals surface area contributed by atoms with E-state index in [1.54, 1.807) is 5.57 Å². The molecule has 4 unspecified atom stereocenters. The molecular formula is C12H14. The summed E-state index contributed by atoms with van der Waals surface area (Å²) in [6.07, 6.45) is 0. The molecule has 0 aliphatic heterocycles. The molecular weight excluding hydrogens is 144 g/mol. The Morgan fingerprint density at radius 3 is 1.50 bits per heavy atom. The van der Waals surface area contributed by atoms with E-state index in [2.05, 4.69) is 13.8 Å². The zero-order valence-electron chi connectivity index (χ0n) is 7.62. The SMILES string of the molecule is CC(C)=C1C2C3C4C1C1C2C1C34. The number of hydrogen-bond donors (Lipinski definition) is 0. The molecule has 0 N–H and O–H groups in total. The third kappa shape index (κ3) is 0.278. The molecule has 62 valence electrons. The molecule has 0 heterocycles. The van der Waals surface area contributed by atoms with Crippen molar-refractivity contribution in [3.63, 3.8) is 0 Å². The van der Waals surface area contributed by atoms with Gasteiger partial charge in [0.25, 0.3) is 0 Å². The highest BCUT2D eigenvalue weighted by molar-refractivity contribution is 5.51. The lowest BCUT2D eigenvalue weighted by molar-refractivity contribution is 0.434. The maximum Gasteiger partial charge on any atom is -0.0129 e. The van der Waals surface area contributed by atoms with Crippen LogP contribution in [0.1, 0.15) is 13.8 Å². The molecule has 6 aliphatic carbocycles. The van der Waals surface area contributed by atoms with Crippen LogP contribution in [0.3, 0.4) is 0 Å². The lowest BCUT2D eigenvalue weighted by atomic mass is 9.94. The topological polar surface area (TPSA) is 0 Å². The van der Waals surface area contributed by atoms with Crippen molar-refractivity contribution < 1.29 is 0 Å². The van der Waals surface area contributed by atoms with Crippen molar-refractivity contribution in [3.8, 4) is 0 Å². The van der Waals surface area contributed by atoms with Crippen LogP contribution in [0.4, 0.5) is 0 Å². The number of hydrogen-bond acceptors (Lipinski definition) is 0. The summed E-state index contributed by atoms with van der Waals surface area (Å²) in [6, 6.07) is 0. The summed E-state index contributed by atoms with van der Waals surface area (Å²) in [7, 11) is 0. The van der Waals surface area contributed by atoms with Crippen LogP contribution < -0.4 is 0 Å². The summed E-state index contributed by atoms with van der Waals surface area (Å²) >= 11 is 0. The average Bonchev–Trinajstić information content (AvgIpc) is 2.78. The Hall–Kier alpha value is -0.260. The van der Waals surface area contributed by atoms with Gasteiger partial charge in [-0.05, 0) is 61.2 Å². The molecule has 6 aliphatic rings. The van der Waals surface area contributed by atoms with Crippen LogP contribution in [0.15, 0.2) is 11.1 Å². The largest absolute Gasteiger partial charge is 0.0766 e. The van der Waals surface area contributed by atoms with E-state index < -0.39 is 0 Å². The zero-order valence-corrected chi connectivity index (χ0v) is 7.62. The van der Waals surface area contributed by atoms with Gasteiger partial charge in [-0.15, -0.1) is 0 Å². The third-order valence-electron chi connectivity index (χ3n) is 5.78. The first kappa shape index (κ1) is 5.47. The Morgan fingerprint density at radius 1 is 0.750 bits per heavy atom. The van der Waals surface area contributed by atoms with Crippen LogP contribution in [0.2, 0.25) is 0 Å². The van der Waals surface area contributed by atoms with E-state index in [9.17, 15) is 0 Å². The second-order valence-electron chi connectivity index (χ2n) is 5.97. The van der Waals surface area contributed by atoms with Crippen LogP contribution in [0.5, 0.6) is 0 Å². The van der Waals surface area contributed by atoms with Crippen LogP contribution in [0, 0.1) is 47.3 Å². The predicted octanol–water partition coefficient (Wildman–Crippen LogP) is 2.32. The van der Waals surface area contributed by atoms with E-state index in [0.29, 0.717) is 0 Å². The summed E-state index contributed by atoms with van der Waals surface area (Å²) < 4.78 is 0. The molecule has 0 heteroatoms. The summed E-state index contributed by atoms with van der Waals surface area (Å²) in [5.41, 5.74) is 3.63. The van der Waals surface area contributed by atoms with Crippen LogP contribution in [-0.4, -0.2) is 0 Å². The Bertz CT molecular complexity index is 299. The fourth-order valence-electron chi connectivity index (χ4n) is 5.94. The van der Waals surface area contributed by atoms with Gasteiger partial charge >= 0.3 is 0 Å². The van der Waals surface area contributed by atoms with Gasteiger partial charge in [0.15, 0.2) is 0 Å². The van der Waals surface area contributed by atoms with Crippen molar-refractivity contribution in [2.45, 2.75) is 13.8 Å². The first-order valence-electron chi connectivity index (χ1n) is 5.49. The van der Waals surface area contributed by atoms with Gasteiger partial charge in [0, 0.05) is 0 Å². The predicted molar refractivity (Wildman–Crippen MR) is 46.3 cm³/mol. The van der Waals surface area contributed by atoms with E-state index in [4.69, 9.17) is 0 Å². The Balaban J connectivity index is 1.85. The van der Waals surface area contributed by atoms with Crippen molar-refractivity contribution in [2.24, 2.45) is 47.3 Å². The molecule has 0 aromatic rings. The van der Waals surface area contributed by atoms with Crippen LogP contribution >= 0.6 is 0 Å². The quantitative estimate of drug-likeness (QED) is 0.475. The van der Waals surface area contributed by atoms with Gasteiger partial charge in [-0.1, -0.05) is 11.1 Å². The minimum Gasteiger partial charge on any atom is -0.0766 e. The maximum absolute atomic E-state index is 2.35. The van der Waals surface area contributed by atoms with Gasteiger partial charge in [0.2, 0.25) is 0 Å². The third-order valence-corrected chi connectivity index (χ3v) is 5.78. The van der Waals surface area contributed by atoms with Crippen LogP contribution in [0.25, 0.3) is 0 Å². The molecule has 6 saturated carbocycles. The van der Waals surface area contributed by atoms with Gasteiger partial charge in [-0.3, -0.25) is 0 Å². The molecule has 0 aromatic carbocycles. The molecule has 0 saturated heterocycles. The minimum absolute atomic E-state index is 1.13. The zero-order chi connectivity index (χ0) is 7.77. The number of allylic oxidation sites excluding steroid dienone is 2. The van der Waals surface area contributed by atoms with Gasteiger partial charge in [0.1, 0.15) is 0 Å². The lowest BCUT2D eigenvalue weighted by Crippen LogP contribution is -2.00. The van der Waals surface area contributed by atoms with Crippen molar-refractivity contribution in [1.82, 2.24) is 0 Å². The van der Waals surface area contributed by atoms with Crippen molar-refractivity contribution in [1.29, 1.82) is 0 Å². The van der Waals surface area contributed by atoms with Crippen molar-refractivity contribution in [3.05, 3.63) is 11.1 Å². The van der Waals surface area contributed by atoms with Gasteiger partial charge < -0.3 is 0 Å². The summed E-state index contributed by atoms with van der Waals surface area (Å²) in [5, 5.41) is 0. The van der Waals surface area contributed by atoms with Crippen LogP contribution in [-0.2, 0) is 0 Å². The summed E-state index contributed by atoms with van der Waals surface area (Å²) in [4.78, 5) is 0. The molecule has 0 nitrogen and oxygen atoms in total. The van der Waals surface area contributed by atoms with E-state index >= 15 is 0 Å². The van der Waals surface area contributed by atoms with Gasteiger partial charge in [-0.25, -0.2) is 0 Å². The van der Waals surface area contributed by atoms with E-state index in [-0.39, 0.29) is 0 Å². The second-order valence-corrected chi connectivity index (χ2v) is 5.97. The van der Waals surface area contributed by atoms with Gasteiger partial charge in [-0.2, -0.15) is 0 Å². The fourth-order valence-corrected chi connectivity index (χ4v) is 5.94. The van der Waals surface area contributed by atoms with E-state index in [0.717, 1.165) is 11.8 Å². The summed E-state index contributed by atoms with van der Waals surface area (Å²) in [5.74, 6) is 9.67. The van der Waals surface area contributed by atoms with Crippen molar-refractivity contribution in [2.75, 3.05) is 0 Å². The lowest BCUT2D eigenvalue weighted by Gasteiger charge is -2.11. The molecule has 0 aromatic heterocycles. The molecule has 2 bridgehead atoms. The fraction of sp³-hybridized carbons (Fsp3) is 0.833. The highest BCUT2D eigenvalue weighted by Crippen LogP contribution is 2.96. The smallest absolute Gasteiger partial charge is 0.0129 e. The first-order valence-corrected chi connectivity index (χ1v) is 5.49. The second kappa shape index (κ2) is 1.15. The normalized spacial score (nSPS) is 77.0. The molecule has 4 atom stereocenters. The van der Waals surface area contributed by atoms with Gasteiger partial charge in [0.05, 0.1) is 0 Å². The monoisotopic (exact) mass is 158 g/mol. The summed E-state index contributed by atoms with van der Waals surface area (Å²) in [6.45, 7) is 4.69. The highest BCUT2D eigenvalue weighted by atomic mass is 15.0. The highest BCUT2D eigenvalue weighted by Gasteiger charge is 2.92. The Labute approximate surface area is 73.0 Å². The molecule has 6 rings (SSSR count). The Kier molecular flexibility index (Phi) is 0.525. The van der Waals surface area contributed by atoms with Crippen molar-refractivity contribution >= 4 is 0 Å². The minimum atomic E-state index is 1.13. The molecule has 0 amide bonds. The molecule has 0 radical (unpaired) electrons. The molecule has 0 spiro atoms. The Morgan fingerprint density at radius 2 is 1.17 bits per heavy atom. The standard InChI is InChI=1S/C12H14/c1-3(2)4-5-7-9-6(4)10-8(5)12(10)11(7)9/h5-12H,1-2H3. The maximum atomic E-state index is 2.35. The average molecular weight is 158 g/mol. The van der Waals surface area contributed by atoms with E-state index in [1.165, 1.54) is 35.5 Å². The molecule has 6 fully saturated rings. The molecule has 12 heavy (non-hydrogen) atoms. The van der Waals surface area contributed by atoms with E-state index in [1.807, 2.05) is 5.57 Å². The first-order chi connectivity index (χ1) is 5.82.